The van der Waals surface area contributed by atoms with Crippen molar-refractivity contribution in [3.8, 4) is 5.75 Å². The summed E-state index contributed by atoms with van der Waals surface area (Å²) in [6.45, 7) is 12.8. The average molecular weight is 519 g/mol. The molecule has 0 unspecified atom stereocenters. The summed E-state index contributed by atoms with van der Waals surface area (Å²) in [5.41, 5.74) is 0. The molecule has 204 valence electrons. The van der Waals surface area contributed by atoms with E-state index in [-0.39, 0.29) is 0 Å². The molecule has 0 fully saturated rings. The van der Waals surface area contributed by atoms with Crippen LogP contribution in [0.3, 0.4) is 0 Å². The lowest BCUT2D eigenvalue weighted by molar-refractivity contribution is -0.362. The van der Waals surface area contributed by atoms with Gasteiger partial charge in [-0.3, -0.25) is 0 Å². The first kappa shape index (κ1) is 32.0. The van der Waals surface area contributed by atoms with Gasteiger partial charge in [0.05, 0.1) is 26.4 Å². The minimum Gasteiger partial charge on any atom is -0.404 e. The molecule has 8 nitrogen and oxygen atoms in total. The van der Waals surface area contributed by atoms with Crippen LogP contribution < -0.4 is 4.52 Å². The zero-order valence-corrected chi connectivity index (χ0v) is 23.5. The fourth-order valence-corrected chi connectivity index (χ4v) is 4.38. The smallest absolute Gasteiger partial charge is 0.404 e. The molecule has 0 saturated carbocycles. The second-order valence-electron chi connectivity index (χ2n) is 8.57. The quantitative estimate of drug-likeness (QED) is 0.0873. The van der Waals surface area contributed by atoms with Crippen molar-refractivity contribution in [1.82, 2.24) is 0 Å². The Morgan fingerprint density at radius 3 is 1.29 bits per heavy atom. The highest BCUT2D eigenvalue weighted by Gasteiger charge is 2.47. The van der Waals surface area contributed by atoms with Crippen molar-refractivity contribution < 1.29 is 37.1 Å². The van der Waals surface area contributed by atoms with Crippen LogP contribution in [0.5, 0.6) is 5.75 Å². The van der Waals surface area contributed by atoms with E-state index in [1.807, 2.05) is 6.07 Å². The highest BCUT2D eigenvalue weighted by molar-refractivity contribution is 7.49. The Kier molecular flexibility index (Phi) is 16.0. The van der Waals surface area contributed by atoms with Crippen molar-refractivity contribution in [2.75, 3.05) is 26.4 Å². The molecule has 0 amide bonds. The molecule has 0 saturated heterocycles. The van der Waals surface area contributed by atoms with E-state index in [9.17, 15) is 4.57 Å². The average Bonchev–Trinajstić information content (AvgIpc) is 2.80. The first-order valence-electron chi connectivity index (χ1n) is 13.1. The minimum absolute atomic E-state index is 0.310. The number of rotatable bonds is 22. The molecular weight excluding hydrogens is 471 g/mol. The second-order valence-corrected chi connectivity index (χ2v) is 10.0. The Morgan fingerprint density at radius 2 is 0.971 bits per heavy atom. The lowest BCUT2D eigenvalue weighted by atomic mass is 10.3. The lowest BCUT2D eigenvalue weighted by Gasteiger charge is -2.36. The first-order chi connectivity index (χ1) is 16.7. The summed E-state index contributed by atoms with van der Waals surface area (Å²) < 4.78 is 55.5. The molecule has 0 aliphatic rings. The van der Waals surface area contributed by atoms with Gasteiger partial charge in [0.1, 0.15) is 5.75 Å². The molecule has 0 bridgehead atoms. The second kappa shape index (κ2) is 17.5. The predicted octanol–water partition coefficient (Wildman–Crippen LogP) is 7.82. The number of benzene rings is 1. The number of phosphoric ester groups is 1. The third kappa shape index (κ3) is 13.8. The summed E-state index contributed by atoms with van der Waals surface area (Å²) in [5, 5.41) is 0. The van der Waals surface area contributed by atoms with Gasteiger partial charge in [0.25, 0.3) is 11.9 Å². The van der Waals surface area contributed by atoms with Crippen LogP contribution in [0.4, 0.5) is 0 Å². The van der Waals surface area contributed by atoms with Crippen LogP contribution in [0.15, 0.2) is 30.3 Å². The number of unbranched alkanes of at least 4 members (excludes halogenated alkanes) is 4. The van der Waals surface area contributed by atoms with Crippen LogP contribution in [0.25, 0.3) is 0 Å². The summed E-state index contributed by atoms with van der Waals surface area (Å²) in [7, 11) is -4.38. The molecule has 0 spiro atoms. The molecule has 0 aliphatic carbocycles. The summed E-state index contributed by atoms with van der Waals surface area (Å²) in [6.07, 6.45) is 6.86. The van der Waals surface area contributed by atoms with Gasteiger partial charge in [0.2, 0.25) is 0 Å². The molecule has 0 aromatic heterocycles. The SMILES string of the molecule is CCCCOC(C)(OCCCC)OP(=O)(Oc1ccccc1)OC(C)(OCCCC)OCCCC. The molecule has 1 rings (SSSR count). The Balaban J connectivity index is 3.23. The van der Waals surface area contributed by atoms with Gasteiger partial charge in [-0.15, -0.1) is 0 Å². The van der Waals surface area contributed by atoms with Crippen LogP contribution in [-0.2, 0) is 32.6 Å². The van der Waals surface area contributed by atoms with Crippen LogP contribution in [0, 0.1) is 0 Å². The highest BCUT2D eigenvalue weighted by Crippen LogP contribution is 2.56. The Bertz CT molecular complexity index is 644. The monoisotopic (exact) mass is 518 g/mol. The Hall–Kier alpha value is -0.990. The highest BCUT2D eigenvalue weighted by atomic mass is 31.2. The molecule has 1 aromatic carbocycles. The molecule has 0 heterocycles. The minimum atomic E-state index is -4.38. The molecule has 9 heteroatoms. The van der Waals surface area contributed by atoms with Gasteiger partial charge in [0, 0.05) is 13.8 Å². The molecule has 0 N–H and O–H groups in total. The first-order valence-corrected chi connectivity index (χ1v) is 14.5. The maximum Gasteiger partial charge on any atom is 0.538 e. The zero-order valence-electron chi connectivity index (χ0n) is 22.6. The van der Waals surface area contributed by atoms with E-state index in [4.69, 9.17) is 32.5 Å². The fourth-order valence-electron chi connectivity index (χ4n) is 2.87. The van der Waals surface area contributed by atoms with Crippen molar-refractivity contribution in [2.45, 2.75) is 105 Å². The van der Waals surface area contributed by atoms with Crippen molar-refractivity contribution in [3.05, 3.63) is 30.3 Å². The fraction of sp³-hybridized carbons (Fsp3) is 0.769. The summed E-state index contributed by atoms with van der Waals surface area (Å²) in [4.78, 5) is 0. The van der Waals surface area contributed by atoms with Gasteiger partial charge in [-0.2, -0.15) is 0 Å². The van der Waals surface area contributed by atoms with Crippen LogP contribution in [0.2, 0.25) is 0 Å². The van der Waals surface area contributed by atoms with E-state index < -0.39 is 19.8 Å². The van der Waals surface area contributed by atoms with E-state index in [1.54, 1.807) is 38.1 Å². The number of hydrogen-bond donors (Lipinski definition) is 0. The molecule has 0 atom stereocenters. The molecule has 1 aromatic rings. The van der Waals surface area contributed by atoms with E-state index in [0.717, 1.165) is 51.4 Å². The standard InChI is InChI=1S/C26H47O8P/c1-7-11-20-28-25(5,29-21-12-8-2)33-35(27,32-24-18-16-15-17-19-24)34-26(6,30-22-13-9-3)31-23-14-10-4/h15-19H,7-14,20-23H2,1-6H3. The molecule has 0 radical (unpaired) electrons. The third-order valence-corrected chi connectivity index (χ3v) is 6.51. The topological polar surface area (TPSA) is 81.7 Å². The summed E-state index contributed by atoms with van der Waals surface area (Å²) >= 11 is 0. The zero-order chi connectivity index (χ0) is 26.0. The lowest BCUT2D eigenvalue weighted by Crippen LogP contribution is -2.40. The van der Waals surface area contributed by atoms with Crippen molar-refractivity contribution in [2.24, 2.45) is 0 Å². The van der Waals surface area contributed by atoms with E-state index in [0.29, 0.717) is 32.2 Å². The maximum atomic E-state index is 14.2. The van der Waals surface area contributed by atoms with Crippen molar-refractivity contribution in [3.63, 3.8) is 0 Å². The number of ether oxygens (including phenoxy) is 4. The van der Waals surface area contributed by atoms with Crippen LogP contribution in [-0.4, -0.2) is 38.4 Å². The summed E-state index contributed by atoms with van der Waals surface area (Å²) in [6, 6.07) is 8.70. The van der Waals surface area contributed by atoms with Gasteiger partial charge in [-0.05, 0) is 37.8 Å². The molecular formula is C26H47O8P. The summed E-state index contributed by atoms with van der Waals surface area (Å²) in [5.74, 6) is -2.99. The number of phosphoric acid groups is 1. The van der Waals surface area contributed by atoms with E-state index in [2.05, 4.69) is 27.7 Å². The van der Waals surface area contributed by atoms with Crippen LogP contribution in [0.1, 0.15) is 92.9 Å². The van der Waals surface area contributed by atoms with Crippen molar-refractivity contribution in [1.29, 1.82) is 0 Å². The van der Waals surface area contributed by atoms with Gasteiger partial charge in [-0.25, -0.2) is 13.6 Å². The van der Waals surface area contributed by atoms with Gasteiger partial charge < -0.3 is 23.5 Å². The van der Waals surface area contributed by atoms with Gasteiger partial charge in [0.15, 0.2) is 0 Å². The number of para-hydroxylation sites is 1. The normalized spacial score (nSPS) is 12.7. The largest absolute Gasteiger partial charge is 0.538 e. The van der Waals surface area contributed by atoms with E-state index >= 15 is 0 Å². The Morgan fingerprint density at radius 1 is 0.629 bits per heavy atom. The molecule has 0 aliphatic heterocycles. The van der Waals surface area contributed by atoms with Gasteiger partial charge >= 0.3 is 7.82 Å². The van der Waals surface area contributed by atoms with Gasteiger partial charge in [-0.1, -0.05) is 71.6 Å². The third-order valence-electron chi connectivity index (χ3n) is 4.96. The van der Waals surface area contributed by atoms with Crippen LogP contribution >= 0.6 is 7.82 Å². The Labute approximate surface area is 212 Å². The molecule has 35 heavy (non-hydrogen) atoms. The predicted molar refractivity (Wildman–Crippen MR) is 137 cm³/mol. The maximum absolute atomic E-state index is 14.2. The van der Waals surface area contributed by atoms with Crippen molar-refractivity contribution >= 4 is 7.82 Å². The van der Waals surface area contributed by atoms with E-state index in [1.165, 1.54) is 0 Å². The number of hydrogen-bond acceptors (Lipinski definition) is 8.